The molecule has 0 heterocycles. The molecule has 2 aromatic rings. The number of ether oxygens (including phenoxy) is 1. The number of rotatable bonds is 5. The summed E-state index contributed by atoms with van der Waals surface area (Å²) in [6, 6.07) is 12.5. The van der Waals surface area contributed by atoms with Crippen LogP contribution in [0, 0.1) is 0 Å². The van der Waals surface area contributed by atoms with E-state index in [1.807, 2.05) is 24.3 Å². The molecule has 2 rings (SSSR count). The lowest BCUT2D eigenvalue weighted by molar-refractivity contribution is 0.101. The number of thioether (sulfide) groups is 1. The number of phenols is 1. The van der Waals surface area contributed by atoms with E-state index in [9.17, 15) is 9.90 Å². The van der Waals surface area contributed by atoms with Crippen molar-refractivity contribution in [3.05, 3.63) is 53.6 Å². The minimum atomic E-state index is 0.0449. The standard InChI is InChI=1S/C16H16O3S/c1-11(17)12-3-8-16(19-2)13(9-12)10-20-15-6-4-14(18)5-7-15/h3-9,18H,10H2,1-2H3. The van der Waals surface area contributed by atoms with Crippen LogP contribution in [0.2, 0.25) is 0 Å². The van der Waals surface area contributed by atoms with Crippen LogP contribution in [0.3, 0.4) is 0 Å². The summed E-state index contributed by atoms with van der Waals surface area (Å²) >= 11 is 1.63. The Morgan fingerprint density at radius 2 is 1.90 bits per heavy atom. The number of hydrogen-bond donors (Lipinski definition) is 1. The van der Waals surface area contributed by atoms with Crippen LogP contribution in [-0.2, 0) is 5.75 Å². The number of carbonyl (C=O) groups excluding carboxylic acids is 1. The normalized spacial score (nSPS) is 10.3. The molecule has 0 spiro atoms. The smallest absolute Gasteiger partial charge is 0.159 e. The molecule has 1 N–H and O–H groups in total. The Kier molecular flexibility index (Phi) is 4.69. The highest BCUT2D eigenvalue weighted by Gasteiger charge is 2.08. The molecular weight excluding hydrogens is 272 g/mol. The maximum Gasteiger partial charge on any atom is 0.159 e. The van der Waals surface area contributed by atoms with Gasteiger partial charge in [-0.1, -0.05) is 0 Å². The van der Waals surface area contributed by atoms with E-state index in [1.54, 1.807) is 44.0 Å². The van der Waals surface area contributed by atoms with E-state index in [2.05, 4.69) is 0 Å². The maximum atomic E-state index is 11.4. The molecule has 0 aliphatic heterocycles. The van der Waals surface area contributed by atoms with Crippen molar-refractivity contribution in [3.8, 4) is 11.5 Å². The second-order valence-corrected chi connectivity index (χ2v) is 5.41. The van der Waals surface area contributed by atoms with Crippen LogP contribution in [0.5, 0.6) is 11.5 Å². The fraction of sp³-hybridized carbons (Fsp3) is 0.188. The third-order valence-corrected chi connectivity index (χ3v) is 3.98. The van der Waals surface area contributed by atoms with E-state index in [4.69, 9.17) is 4.74 Å². The van der Waals surface area contributed by atoms with E-state index in [1.165, 1.54) is 0 Å². The molecule has 20 heavy (non-hydrogen) atoms. The van der Waals surface area contributed by atoms with Gasteiger partial charge in [-0.25, -0.2) is 0 Å². The first-order chi connectivity index (χ1) is 9.60. The lowest BCUT2D eigenvalue weighted by Crippen LogP contribution is -1.96. The second kappa shape index (κ2) is 6.48. The fourth-order valence-corrected chi connectivity index (χ4v) is 2.69. The first-order valence-electron chi connectivity index (χ1n) is 6.20. The summed E-state index contributed by atoms with van der Waals surface area (Å²) in [5.74, 6) is 1.78. The SMILES string of the molecule is COc1ccc(C(C)=O)cc1CSc1ccc(O)cc1. The molecule has 0 saturated carbocycles. The predicted octanol–water partition coefficient (Wildman–Crippen LogP) is 3.90. The molecule has 2 aromatic carbocycles. The molecule has 0 aliphatic carbocycles. The molecule has 0 fully saturated rings. The second-order valence-electron chi connectivity index (χ2n) is 4.37. The van der Waals surface area contributed by atoms with E-state index in [0.29, 0.717) is 11.3 Å². The third-order valence-electron chi connectivity index (χ3n) is 2.92. The largest absolute Gasteiger partial charge is 0.508 e. The Hall–Kier alpha value is -1.94. The van der Waals surface area contributed by atoms with Gasteiger partial charge in [-0.3, -0.25) is 4.79 Å². The molecule has 0 bridgehead atoms. The molecule has 0 radical (unpaired) electrons. The zero-order valence-electron chi connectivity index (χ0n) is 11.4. The highest BCUT2D eigenvalue weighted by Crippen LogP contribution is 2.29. The molecule has 0 unspecified atom stereocenters. The Labute approximate surface area is 122 Å². The van der Waals surface area contributed by atoms with E-state index in [-0.39, 0.29) is 11.5 Å². The molecule has 104 valence electrons. The van der Waals surface area contributed by atoms with Crippen LogP contribution in [0.4, 0.5) is 0 Å². The Morgan fingerprint density at radius 1 is 1.20 bits per heavy atom. The first kappa shape index (κ1) is 14.5. The fourth-order valence-electron chi connectivity index (χ4n) is 1.81. The Morgan fingerprint density at radius 3 is 2.50 bits per heavy atom. The highest BCUT2D eigenvalue weighted by molar-refractivity contribution is 7.98. The van der Waals surface area contributed by atoms with Crippen LogP contribution in [-0.4, -0.2) is 18.0 Å². The van der Waals surface area contributed by atoms with Crippen molar-refractivity contribution < 1.29 is 14.6 Å². The number of phenolic OH excluding ortho intramolecular Hbond substituents is 1. The number of ketones is 1. The third kappa shape index (κ3) is 3.54. The van der Waals surface area contributed by atoms with Crippen molar-refractivity contribution in [1.82, 2.24) is 0 Å². The van der Waals surface area contributed by atoms with Gasteiger partial charge in [0.15, 0.2) is 5.78 Å². The number of Topliss-reactive ketones (excluding diaryl/α,β-unsaturated/α-hetero) is 1. The average Bonchev–Trinajstić information content (AvgIpc) is 2.46. The number of hydrogen-bond acceptors (Lipinski definition) is 4. The summed E-state index contributed by atoms with van der Waals surface area (Å²) in [7, 11) is 1.62. The highest BCUT2D eigenvalue weighted by atomic mass is 32.2. The Balaban J connectivity index is 2.16. The molecule has 0 saturated heterocycles. The van der Waals surface area contributed by atoms with Crippen LogP contribution < -0.4 is 4.74 Å². The lowest BCUT2D eigenvalue weighted by Gasteiger charge is -2.10. The van der Waals surface area contributed by atoms with Gasteiger partial charge in [0.05, 0.1) is 7.11 Å². The molecule has 0 atom stereocenters. The van der Waals surface area contributed by atoms with Crippen molar-refractivity contribution in [1.29, 1.82) is 0 Å². The summed E-state index contributed by atoms with van der Waals surface area (Å²) in [5.41, 5.74) is 1.67. The summed E-state index contributed by atoms with van der Waals surface area (Å²) < 4.78 is 5.32. The van der Waals surface area contributed by atoms with Crippen LogP contribution in [0.25, 0.3) is 0 Å². The molecule has 3 nitrogen and oxygen atoms in total. The average molecular weight is 288 g/mol. The molecule has 4 heteroatoms. The number of methoxy groups -OCH3 is 1. The molecule has 0 aromatic heterocycles. The van der Waals surface area contributed by atoms with Crippen molar-refractivity contribution in [2.45, 2.75) is 17.6 Å². The minimum absolute atomic E-state index is 0.0449. The monoisotopic (exact) mass is 288 g/mol. The van der Waals surface area contributed by atoms with Gasteiger partial charge in [-0.05, 0) is 49.4 Å². The number of aromatic hydroxyl groups is 1. The van der Waals surface area contributed by atoms with Gasteiger partial charge in [-0.15, -0.1) is 11.8 Å². The van der Waals surface area contributed by atoms with Crippen molar-refractivity contribution >= 4 is 17.5 Å². The summed E-state index contributed by atoms with van der Waals surface area (Å²) in [4.78, 5) is 12.5. The van der Waals surface area contributed by atoms with Gasteiger partial charge in [-0.2, -0.15) is 0 Å². The van der Waals surface area contributed by atoms with Gasteiger partial charge in [0, 0.05) is 21.8 Å². The minimum Gasteiger partial charge on any atom is -0.508 e. The van der Waals surface area contributed by atoms with Crippen LogP contribution in [0.15, 0.2) is 47.4 Å². The zero-order valence-corrected chi connectivity index (χ0v) is 12.2. The van der Waals surface area contributed by atoms with E-state index >= 15 is 0 Å². The molecule has 0 aliphatic rings. The van der Waals surface area contributed by atoms with Crippen LogP contribution in [0.1, 0.15) is 22.8 Å². The summed E-state index contributed by atoms with van der Waals surface area (Å²) in [6.07, 6.45) is 0. The van der Waals surface area contributed by atoms with E-state index < -0.39 is 0 Å². The van der Waals surface area contributed by atoms with Crippen molar-refractivity contribution in [3.63, 3.8) is 0 Å². The maximum absolute atomic E-state index is 11.4. The van der Waals surface area contributed by atoms with Crippen LogP contribution >= 0.6 is 11.8 Å². The lowest BCUT2D eigenvalue weighted by atomic mass is 10.1. The van der Waals surface area contributed by atoms with Gasteiger partial charge in [0.1, 0.15) is 11.5 Å². The zero-order chi connectivity index (χ0) is 14.5. The van der Waals surface area contributed by atoms with Gasteiger partial charge >= 0.3 is 0 Å². The number of benzene rings is 2. The summed E-state index contributed by atoms with van der Waals surface area (Å²) in [6.45, 7) is 1.55. The molecular formula is C16H16O3S. The summed E-state index contributed by atoms with van der Waals surface area (Å²) in [5, 5.41) is 9.25. The quantitative estimate of drug-likeness (QED) is 0.669. The number of carbonyl (C=O) groups is 1. The predicted molar refractivity (Wildman–Crippen MR) is 80.7 cm³/mol. The van der Waals surface area contributed by atoms with Crippen molar-refractivity contribution in [2.75, 3.05) is 7.11 Å². The van der Waals surface area contributed by atoms with Gasteiger partial charge in [0.2, 0.25) is 0 Å². The van der Waals surface area contributed by atoms with E-state index in [0.717, 1.165) is 16.2 Å². The topological polar surface area (TPSA) is 46.5 Å². The van der Waals surface area contributed by atoms with Gasteiger partial charge < -0.3 is 9.84 Å². The Bertz CT molecular complexity index is 606. The van der Waals surface area contributed by atoms with Gasteiger partial charge in [0.25, 0.3) is 0 Å². The first-order valence-corrected chi connectivity index (χ1v) is 7.18. The molecule has 0 amide bonds. The van der Waals surface area contributed by atoms with Crippen molar-refractivity contribution in [2.24, 2.45) is 0 Å².